The van der Waals surface area contributed by atoms with Gasteiger partial charge in [0.05, 0.1) is 0 Å². The van der Waals surface area contributed by atoms with Crippen molar-refractivity contribution in [2.75, 3.05) is 13.1 Å². The molecular formula is C21H23N3O2S. The van der Waals surface area contributed by atoms with Crippen molar-refractivity contribution in [3.05, 3.63) is 62.8 Å². The zero-order valence-electron chi connectivity index (χ0n) is 15.4. The van der Waals surface area contributed by atoms with Crippen LogP contribution in [-0.2, 0) is 11.2 Å². The minimum atomic E-state index is -0.133. The van der Waals surface area contributed by atoms with Crippen LogP contribution in [-0.4, -0.2) is 33.9 Å². The second-order valence-electron chi connectivity index (χ2n) is 7.28. The number of hydrogen-bond acceptors (Lipinski definition) is 4. The average molecular weight is 382 g/mol. The first-order chi connectivity index (χ1) is 13.1. The summed E-state index contributed by atoms with van der Waals surface area (Å²) in [5.41, 5.74) is 1.31. The van der Waals surface area contributed by atoms with E-state index in [1.54, 1.807) is 17.5 Å². The second-order valence-corrected chi connectivity index (χ2v) is 8.31. The lowest BCUT2D eigenvalue weighted by atomic mass is 9.91. The molecule has 3 aromatic heterocycles. The van der Waals surface area contributed by atoms with Crippen LogP contribution in [0.25, 0.3) is 10.9 Å². The summed E-state index contributed by atoms with van der Waals surface area (Å²) >= 11 is 1.71. The maximum atomic E-state index is 12.8. The number of rotatable bonds is 4. The SMILES string of the molecule is CC(Cc1cccs1)C(=O)N1CCC(c2cc3cccnc3c(=O)[nH]2)CC1. The van der Waals surface area contributed by atoms with E-state index >= 15 is 0 Å². The molecular weight excluding hydrogens is 358 g/mol. The molecule has 1 aliphatic heterocycles. The van der Waals surface area contributed by atoms with Crippen molar-refractivity contribution in [1.29, 1.82) is 0 Å². The lowest BCUT2D eigenvalue weighted by molar-refractivity contribution is -0.136. The fourth-order valence-electron chi connectivity index (χ4n) is 3.88. The fraction of sp³-hybridized carbons (Fsp3) is 0.381. The summed E-state index contributed by atoms with van der Waals surface area (Å²) in [6.07, 6.45) is 4.19. The summed E-state index contributed by atoms with van der Waals surface area (Å²) in [7, 11) is 0. The number of hydrogen-bond donors (Lipinski definition) is 1. The molecule has 3 aromatic rings. The Bertz CT molecular complexity index is 988. The van der Waals surface area contributed by atoms with Crippen LogP contribution in [0.4, 0.5) is 0 Å². The molecule has 0 aliphatic carbocycles. The minimum Gasteiger partial charge on any atom is -0.342 e. The number of piperidine rings is 1. The van der Waals surface area contributed by atoms with Gasteiger partial charge in [-0.2, -0.15) is 0 Å². The molecule has 6 heteroatoms. The molecule has 0 saturated carbocycles. The number of carbonyl (C=O) groups is 1. The van der Waals surface area contributed by atoms with Crippen molar-refractivity contribution in [2.24, 2.45) is 5.92 Å². The highest BCUT2D eigenvalue weighted by atomic mass is 32.1. The molecule has 1 N–H and O–H groups in total. The number of pyridine rings is 2. The largest absolute Gasteiger partial charge is 0.342 e. The van der Waals surface area contributed by atoms with Crippen LogP contribution in [0, 0.1) is 5.92 Å². The Morgan fingerprint density at radius 1 is 1.33 bits per heavy atom. The number of aromatic nitrogens is 2. The first-order valence-electron chi connectivity index (χ1n) is 9.41. The number of H-pyrrole nitrogens is 1. The molecule has 5 nitrogen and oxygen atoms in total. The molecule has 0 bridgehead atoms. The van der Waals surface area contributed by atoms with Gasteiger partial charge in [-0.15, -0.1) is 11.3 Å². The highest BCUT2D eigenvalue weighted by Crippen LogP contribution is 2.28. The zero-order valence-corrected chi connectivity index (χ0v) is 16.2. The monoisotopic (exact) mass is 381 g/mol. The summed E-state index contributed by atoms with van der Waals surface area (Å²) < 4.78 is 0. The van der Waals surface area contributed by atoms with E-state index in [0.29, 0.717) is 5.52 Å². The van der Waals surface area contributed by atoms with Crippen molar-refractivity contribution < 1.29 is 4.79 Å². The first kappa shape index (κ1) is 17.9. The van der Waals surface area contributed by atoms with Crippen molar-refractivity contribution >= 4 is 28.1 Å². The number of carbonyl (C=O) groups excluding carboxylic acids is 1. The van der Waals surface area contributed by atoms with Crippen LogP contribution in [0.3, 0.4) is 0 Å². The van der Waals surface area contributed by atoms with Gasteiger partial charge in [0.2, 0.25) is 5.91 Å². The highest BCUT2D eigenvalue weighted by Gasteiger charge is 2.27. The molecule has 4 heterocycles. The minimum absolute atomic E-state index is 0.00625. The summed E-state index contributed by atoms with van der Waals surface area (Å²) in [4.78, 5) is 35.4. The Morgan fingerprint density at radius 3 is 2.89 bits per heavy atom. The van der Waals surface area contributed by atoms with Crippen molar-refractivity contribution in [3.8, 4) is 0 Å². The summed E-state index contributed by atoms with van der Waals surface area (Å²) in [5.74, 6) is 0.517. The molecule has 1 fully saturated rings. The van der Waals surface area contributed by atoms with Crippen molar-refractivity contribution in [3.63, 3.8) is 0 Å². The van der Waals surface area contributed by atoms with Gasteiger partial charge in [0, 0.05) is 47.1 Å². The number of thiophene rings is 1. The first-order valence-corrected chi connectivity index (χ1v) is 10.3. The second kappa shape index (κ2) is 7.64. The number of nitrogens with one attached hydrogen (secondary N) is 1. The van der Waals surface area contributed by atoms with E-state index in [9.17, 15) is 9.59 Å². The summed E-state index contributed by atoms with van der Waals surface area (Å²) in [6, 6.07) is 9.92. The molecule has 1 atom stereocenters. The van der Waals surface area contributed by atoms with Crippen LogP contribution >= 0.6 is 11.3 Å². The molecule has 1 aliphatic rings. The average Bonchev–Trinajstić information content (AvgIpc) is 3.20. The van der Waals surface area contributed by atoms with Crippen molar-refractivity contribution in [2.45, 2.75) is 32.1 Å². The number of likely N-dealkylation sites (tertiary alicyclic amines) is 1. The third-order valence-electron chi connectivity index (χ3n) is 5.38. The fourth-order valence-corrected chi connectivity index (χ4v) is 4.71. The van der Waals surface area contributed by atoms with E-state index in [-0.39, 0.29) is 23.3 Å². The molecule has 1 saturated heterocycles. The van der Waals surface area contributed by atoms with Gasteiger partial charge >= 0.3 is 0 Å². The van der Waals surface area contributed by atoms with Crippen molar-refractivity contribution in [1.82, 2.24) is 14.9 Å². The molecule has 0 spiro atoms. The predicted octanol–water partition coefficient (Wildman–Crippen LogP) is 3.57. The van der Waals surface area contributed by atoms with Crippen LogP contribution in [0.1, 0.15) is 36.3 Å². The number of fused-ring (bicyclic) bond motifs is 1. The Hall–Kier alpha value is -2.47. The van der Waals surface area contributed by atoms with Gasteiger partial charge in [-0.25, -0.2) is 0 Å². The van der Waals surface area contributed by atoms with Gasteiger partial charge in [-0.05, 0) is 42.8 Å². The van der Waals surface area contributed by atoms with Crippen LogP contribution in [0.5, 0.6) is 0 Å². The van der Waals surface area contributed by atoms with E-state index in [0.717, 1.165) is 43.4 Å². The lowest BCUT2D eigenvalue weighted by Crippen LogP contribution is -2.41. The van der Waals surface area contributed by atoms with Gasteiger partial charge in [0.25, 0.3) is 5.56 Å². The van der Waals surface area contributed by atoms with Crippen LogP contribution < -0.4 is 5.56 Å². The number of amides is 1. The Morgan fingerprint density at radius 2 is 2.15 bits per heavy atom. The smallest absolute Gasteiger partial charge is 0.274 e. The lowest BCUT2D eigenvalue weighted by Gasteiger charge is -2.33. The van der Waals surface area contributed by atoms with Gasteiger partial charge in [0.1, 0.15) is 5.52 Å². The van der Waals surface area contributed by atoms with Crippen LogP contribution in [0.2, 0.25) is 0 Å². The third-order valence-corrected chi connectivity index (χ3v) is 6.28. The zero-order chi connectivity index (χ0) is 18.8. The molecule has 0 aromatic carbocycles. The maximum absolute atomic E-state index is 12.8. The van der Waals surface area contributed by atoms with E-state index in [1.165, 1.54) is 4.88 Å². The summed E-state index contributed by atoms with van der Waals surface area (Å²) in [6.45, 7) is 3.50. The van der Waals surface area contributed by atoms with E-state index in [4.69, 9.17) is 0 Å². The quantitative estimate of drug-likeness (QED) is 0.751. The van der Waals surface area contributed by atoms with E-state index in [2.05, 4.69) is 21.4 Å². The van der Waals surface area contributed by atoms with E-state index < -0.39 is 0 Å². The molecule has 27 heavy (non-hydrogen) atoms. The predicted molar refractivity (Wildman–Crippen MR) is 108 cm³/mol. The molecule has 0 radical (unpaired) electrons. The highest BCUT2D eigenvalue weighted by molar-refractivity contribution is 7.09. The van der Waals surface area contributed by atoms with Gasteiger partial charge < -0.3 is 9.88 Å². The normalized spacial score (nSPS) is 16.6. The number of aromatic amines is 1. The third kappa shape index (κ3) is 3.81. The molecule has 140 valence electrons. The Balaban J connectivity index is 1.41. The topological polar surface area (TPSA) is 66.1 Å². The summed E-state index contributed by atoms with van der Waals surface area (Å²) in [5, 5.41) is 2.93. The Labute approximate surface area is 162 Å². The number of nitrogens with zero attached hydrogens (tertiary/aromatic N) is 2. The standard InChI is InChI=1S/C21H23N3O2S/c1-14(12-17-5-3-11-27-17)21(26)24-9-6-15(7-10-24)18-13-16-4-2-8-22-19(16)20(25)23-18/h2-5,8,11,13-15H,6-7,9-10,12H2,1H3,(H,23,25). The maximum Gasteiger partial charge on any atom is 0.274 e. The van der Waals surface area contributed by atoms with Gasteiger partial charge in [0.15, 0.2) is 0 Å². The van der Waals surface area contributed by atoms with Crippen LogP contribution in [0.15, 0.2) is 46.7 Å². The molecule has 1 amide bonds. The van der Waals surface area contributed by atoms with E-state index in [1.807, 2.05) is 36.1 Å². The molecule has 1 unspecified atom stereocenters. The molecule has 4 rings (SSSR count). The van der Waals surface area contributed by atoms with Gasteiger partial charge in [-0.1, -0.05) is 19.1 Å². The van der Waals surface area contributed by atoms with Gasteiger partial charge in [-0.3, -0.25) is 14.6 Å². The Kier molecular flexibility index (Phi) is 5.07.